The van der Waals surface area contributed by atoms with Crippen molar-refractivity contribution < 1.29 is 14.3 Å². The van der Waals surface area contributed by atoms with Crippen LogP contribution in [0.15, 0.2) is 117 Å². The molecule has 0 fully saturated rings. The molecule has 0 saturated heterocycles. The number of nitrogens with zero attached hydrogens (tertiary/aromatic N) is 1. The number of rotatable bonds is 4. The van der Waals surface area contributed by atoms with Gasteiger partial charge in [-0.25, -0.2) is 4.79 Å². The van der Waals surface area contributed by atoms with Crippen molar-refractivity contribution in [1.82, 2.24) is 0 Å². The normalized spacial score (nSPS) is 14.2. The number of carbonyl (C=O) groups is 2. The van der Waals surface area contributed by atoms with Crippen molar-refractivity contribution in [2.24, 2.45) is 4.99 Å². The van der Waals surface area contributed by atoms with Crippen LogP contribution < -0.4 is 10.1 Å². The van der Waals surface area contributed by atoms with Crippen molar-refractivity contribution in [3.05, 3.63) is 124 Å². The number of benzene rings is 5. The lowest BCUT2D eigenvalue weighted by molar-refractivity contribution is -0.113. The second-order valence-corrected chi connectivity index (χ2v) is 10.5. The number of esters is 1. The van der Waals surface area contributed by atoms with Crippen LogP contribution in [0.4, 0.5) is 5.69 Å². The summed E-state index contributed by atoms with van der Waals surface area (Å²) in [5.74, 6) is -0.443. The van der Waals surface area contributed by atoms with Crippen LogP contribution in [0.2, 0.25) is 0 Å². The van der Waals surface area contributed by atoms with E-state index in [1.54, 1.807) is 18.2 Å². The Hall–Kier alpha value is -4.20. The minimum absolute atomic E-state index is 0.353. The molecular weight excluding hydrogens is 560 g/mol. The van der Waals surface area contributed by atoms with Crippen LogP contribution in [-0.2, 0) is 4.79 Å². The summed E-state index contributed by atoms with van der Waals surface area (Å²) in [4.78, 5) is 30.8. The Bertz CT molecular complexity index is 1790. The molecule has 184 valence electrons. The van der Waals surface area contributed by atoms with E-state index in [-0.39, 0.29) is 5.91 Å². The maximum absolute atomic E-state index is 13.3. The lowest BCUT2D eigenvalue weighted by Gasteiger charge is -2.12. The average Bonchev–Trinajstić information content (AvgIpc) is 3.29. The number of thioether (sulfide) groups is 1. The Morgan fingerprint density at radius 3 is 2.29 bits per heavy atom. The van der Waals surface area contributed by atoms with Gasteiger partial charge in [0.15, 0.2) is 5.17 Å². The fourth-order valence-corrected chi connectivity index (χ4v) is 5.40. The van der Waals surface area contributed by atoms with E-state index in [9.17, 15) is 9.59 Å². The van der Waals surface area contributed by atoms with Gasteiger partial charge in [-0.1, -0.05) is 82.7 Å². The topological polar surface area (TPSA) is 67.8 Å². The Balaban J connectivity index is 1.35. The highest BCUT2D eigenvalue weighted by molar-refractivity contribution is 9.10. The van der Waals surface area contributed by atoms with Crippen molar-refractivity contribution in [3.63, 3.8) is 0 Å². The summed E-state index contributed by atoms with van der Waals surface area (Å²) < 4.78 is 6.93. The van der Waals surface area contributed by atoms with Gasteiger partial charge in [0.25, 0.3) is 5.91 Å². The maximum atomic E-state index is 13.3. The minimum Gasteiger partial charge on any atom is -0.422 e. The molecule has 6 rings (SSSR count). The number of nitrogens with one attached hydrogen (secondary N) is 1. The molecule has 38 heavy (non-hydrogen) atoms. The van der Waals surface area contributed by atoms with Crippen LogP contribution in [-0.4, -0.2) is 17.0 Å². The predicted octanol–water partition coefficient (Wildman–Crippen LogP) is 8.06. The van der Waals surface area contributed by atoms with E-state index in [4.69, 9.17) is 4.74 Å². The molecule has 1 N–H and O–H groups in total. The highest BCUT2D eigenvalue weighted by Gasteiger charge is 2.24. The molecular formula is C31H19BrN2O3S. The van der Waals surface area contributed by atoms with Gasteiger partial charge >= 0.3 is 5.97 Å². The molecule has 5 aromatic rings. The van der Waals surface area contributed by atoms with Gasteiger partial charge < -0.3 is 10.1 Å². The highest BCUT2D eigenvalue weighted by atomic mass is 79.9. The highest BCUT2D eigenvalue weighted by Crippen LogP contribution is 2.36. The molecule has 7 heteroatoms. The second kappa shape index (κ2) is 10.3. The third kappa shape index (κ3) is 4.86. The molecule has 0 spiro atoms. The molecule has 5 nitrogen and oxygen atoms in total. The van der Waals surface area contributed by atoms with Gasteiger partial charge in [-0.3, -0.25) is 4.79 Å². The number of fused-ring (bicyclic) bond motifs is 2. The predicted molar refractivity (Wildman–Crippen MR) is 159 cm³/mol. The summed E-state index contributed by atoms with van der Waals surface area (Å²) in [5, 5.41) is 7.28. The molecule has 1 amide bonds. The van der Waals surface area contributed by atoms with Crippen molar-refractivity contribution >= 4 is 78.0 Å². The monoisotopic (exact) mass is 578 g/mol. The lowest BCUT2D eigenvalue weighted by Crippen LogP contribution is -2.10. The lowest BCUT2D eigenvalue weighted by atomic mass is 10.0. The Morgan fingerprint density at radius 1 is 0.816 bits per heavy atom. The summed E-state index contributed by atoms with van der Waals surface area (Å²) in [6, 6.07) is 32.3. The van der Waals surface area contributed by atoms with Gasteiger partial charge in [0.05, 0.1) is 10.5 Å². The van der Waals surface area contributed by atoms with Gasteiger partial charge in [-0.2, -0.15) is 4.99 Å². The molecule has 1 aliphatic rings. The Morgan fingerprint density at radius 2 is 1.50 bits per heavy atom. The first kappa shape index (κ1) is 24.2. The number of halogens is 1. The summed E-state index contributed by atoms with van der Waals surface area (Å²) >= 11 is 4.67. The smallest absolute Gasteiger partial charge is 0.344 e. The zero-order chi connectivity index (χ0) is 26.1. The van der Waals surface area contributed by atoms with Gasteiger partial charge in [0.1, 0.15) is 5.75 Å². The summed E-state index contributed by atoms with van der Waals surface area (Å²) in [7, 11) is 0. The zero-order valence-corrected chi connectivity index (χ0v) is 22.3. The van der Waals surface area contributed by atoms with E-state index in [1.165, 1.54) is 11.8 Å². The first-order valence-electron chi connectivity index (χ1n) is 11.8. The molecule has 0 radical (unpaired) electrons. The van der Waals surface area contributed by atoms with Crippen molar-refractivity contribution in [3.8, 4) is 5.75 Å². The number of amidine groups is 1. The molecule has 0 atom stereocenters. The molecule has 0 aliphatic carbocycles. The maximum Gasteiger partial charge on any atom is 0.344 e. The molecule has 0 aromatic heterocycles. The van der Waals surface area contributed by atoms with E-state index in [2.05, 4.69) is 26.2 Å². The number of hydrogen-bond donors (Lipinski definition) is 1. The first-order chi connectivity index (χ1) is 18.5. The van der Waals surface area contributed by atoms with Crippen LogP contribution in [0.5, 0.6) is 5.75 Å². The van der Waals surface area contributed by atoms with Gasteiger partial charge in [0.2, 0.25) is 0 Å². The molecule has 0 saturated carbocycles. The quantitative estimate of drug-likeness (QED) is 0.133. The minimum atomic E-state index is -0.462. The number of ether oxygens (including phenoxy) is 1. The third-order valence-corrected chi connectivity index (χ3v) is 7.56. The van der Waals surface area contributed by atoms with E-state index in [0.29, 0.717) is 26.9 Å². The fourth-order valence-electron chi connectivity index (χ4n) is 4.32. The molecule has 1 heterocycles. The Kier molecular flexibility index (Phi) is 6.54. The van der Waals surface area contributed by atoms with E-state index in [1.807, 2.05) is 91.0 Å². The van der Waals surface area contributed by atoms with E-state index >= 15 is 0 Å². The van der Waals surface area contributed by atoms with Crippen LogP contribution >= 0.6 is 27.7 Å². The standard InChI is InChI=1S/C31H19BrN2O3S/c32-21-13-15-22(16-14-21)33-31-34-29(35)28(38-31)18-26-24-10-4-2-7-20(24)12-17-27(26)37-30(36)25-11-5-8-19-6-1-3-9-23(19)25/h1-18H,(H,33,34,35)/b28-18-. The molecule has 1 aliphatic heterocycles. The summed E-state index contributed by atoms with van der Waals surface area (Å²) in [6.07, 6.45) is 1.75. The number of aliphatic imine (C=N–C) groups is 1. The number of carbonyl (C=O) groups excluding carboxylic acids is 2. The summed E-state index contributed by atoms with van der Waals surface area (Å²) in [5.41, 5.74) is 1.95. The van der Waals surface area contributed by atoms with E-state index in [0.717, 1.165) is 31.7 Å². The first-order valence-corrected chi connectivity index (χ1v) is 13.4. The van der Waals surface area contributed by atoms with E-state index < -0.39 is 5.97 Å². The van der Waals surface area contributed by atoms with Gasteiger partial charge in [0, 0.05) is 15.7 Å². The Labute approximate surface area is 231 Å². The van der Waals surface area contributed by atoms with Gasteiger partial charge in [-0.05, 0) is 75.8 Å². The van der Waals surface area contributed by atoms with Crippen molar-refractivity contribution in [2.45, 2.75) is 0 Å². The van der Waals surface area contributed by atoms with Crippen LogP contribution in [0.25, 0.3) is 27.6 Å². The summed E-state index contributed by atoms with van der Waals surface area (Å²) in [6.45, 7) is 0. The number of hydrogen-bond acceptors (Lipinski definition) is 5. The van der Waals surface area contributed by atoms with Crippen LogP contribution in [0, 0.1) is 0 Å². The zero-order valence-electron chi connectivity index (χ0n) is 19.9. The van der Waals surface area contributed by atoms with Crippen molar-refractivity contribution in [2.75, 3.05) is 5.32 Å². The SMILES string of the molecule is O=C1N=C(Nc2ccc(Br)cc2)S/C1=C\c1c(OC(=O)c2cccc3ccccc23)ccc2ccccc12. The molecule has 0 unspecified atom stereocenters. The third-order valence-electron chi connectivity index (χ3n) is 6.13. The fraction of sp³-hybridized carbons (Fsp3) is 0. The number of anilines is 1. The molecule has 5 aromatic carbocycles. The van der Waals surface area contributed by atoms with Crippen molar-refractivity contribution in [1.29, 1.82) is 0 Å². The number of amides is 1. The van der Waals surface area contributed by atoms with Gasteiger partial charge in [-0.15, -0.1) is 0 Å². The average molecular weight is 579 g/mol. The largest absolute Gasteiger partial charge is 0.422 e. The molecule has 0 bridgehead atoms. The van der Waals surface area contributed by atoms with Crippen LogP contribution in [0.3, 0.4) is 0 Å². The van der Waals surface area contributed by atoms with Crippen LogP contribution in [0.1, 0.15) is 15.9 Å². The second-order valence-electron chi connectivity index (χ2n) is 8.58.